The Morgan fingerprint density at radius 2 is 2.37 bits per heavy atom. The number of rotatable bonds is 5. The fraction of sp³-hybridized carbons (Fsp3) is 0.600. The summed E-state index contributed by atoms with van der Waals surface area (Å²) in [6, 6.07) is 6.64. The molecule has 0 spiro atoms. The molecule has 1 aliphatic carbocycles. The van der Waals surface area contributed by atoms with Crippen LogP contribution in [0.15, 0.2) is 18.3 Å². The number of nitriles is 1. The van der Waals surface area contributed by atoms with Crippen molar-refractivity contribution < 1.29 is 0 Å². The number of hydrogen-bond donors (Lipinski definition) is 1. The molecule has 4 nitrogen and oxygen atoms in total. The molecule has 0 saturated heterocycles. The van der Waals surface area contributed by atoms with Crippen LogP contribution in [0.4, 0.5) is 0 Å². The van der Waals surface area contributed by atoms with Crippen molar-refractivity contribution in [2.75, 3.05) is 13.1 Å². The van der Waals surface area contributed by atoms with Crippen molar-refractivity contribution in [1.29, 1.82) is 5.26 Å². The molecule has 1 saturated carbocycles. The molecule has 0 aromatic carbocycles. The van der Waals surface area contributed by atoms with E-state index in [-0.39, 0.29) is 0 Å². The van der Waals surface area contributed by atoms with Crippen LogP contribution < -0.4 is 5.73 Å². The maximum atomic E-state index is 9.12. The van der Waals surface area contributed by atoms with E-state index < -0.39 is 0 Å². The predicted molar refractivity (Wildman–Crippen MR) is 75.2 cm³/mol. The van der Waals surface area contributed by atoms with Gasteiger partial charge >= 0.3 is 0 Å². The van der Waals surface area contributed by atoms with Crippen LogP contribution in [0.5, 0.6) is 0 Å². The Hall–Kier alpha value is -1.44. The van der Waals surface area contributed by atoms with Gasteiger partial charge in [-0.3, -0.25) is 4.90 Å². The lowest BCUT2D eigenvalue weighted by atomic mass is 10.0. The summed E-state index contributed by atoms with van der Waals surface area (Å²) in [6.45, 7) is 4.73. The number of nitrogens with zero attached hydrogens (tertiary/aromatic N) is 3. The van der Waals surface area contributed by atoms with Gasteiger partial charge in [-0.2, -0.15) is 5.26 Å². The first kappa shape index (κ1) is 14.0. The first-order chi connectivity index (χ1) is 9.30. The Labute approximate surface area is 115 Å². The molecule has 0 aliphatic heterocycles. The lowest BCUT2D eigenvalue weighted by Gasteiger charge is -2.31. The van der Waals surface area contributed by atoms with Crippen molar-refractivity contribution in [1.82, 2.24) is 9.88 Å². The molecule has 2 N–H and O–H groups in total. The van der Waals surface area contributed by atoms with E-state index in [9.17, 15) is 0 Å². The molecule has 102 valence electrons. The smallest absolute Gasteiger partial charge is 0.144 e. The molecule has 2 atom stereocenters. The fourth-order valence-electron chi connectivity index (χ4n) is 3.12. The summed E-state index contributed by atoms with van der Waals surface area (Å²) in [5.74, 6) is 0.599. The topological polar surface area (TPSA) is 65.9 Å². The van der Waals surface area contributed by atoms with Crippen molar-refractivity contribution >= 4 is 0 Å². The van der Waals surface area contributed by atoms with E-state index in [2.05, 4.69) is 22.9 Å². The van der Waals surface area contributed by atoms with Gasteiger partial charge in [0.1, 0.15) is 11.8 Å². The van der Waals surface area contributed by atoms with Crippen LogP contribution in [0.3, 0.4) is 0 Å². The molecular weight excluding hydrogens is 236 g/mol. The lowest BCUT2D eigenvalue weighted by molar-refractivity contribution is 0.162. The van der Waals surface area contributed by atoms with Gasteiger partial charge in [0.2, 0.25) is 0 Å². The molecule has 2 rings (SSSR count). The van der Waals surface area contributed by atoms with Crippen LogP contribution in [-0.4, -0.2) is 29.0 Å². The van der Waals surface area contributed by atoms with Gasteiger partial charge in [-0.15, -0.1) is 0 Å². The van der Waals surface area contributed by atoms with Gasteiger partial charge in [0.05, 0.1) is 0 Å². The molecule has 0 bridgehead atoms. The Morgan fingerprint density at radius 1 is 1.53 bits per heavy atom. The minimum atomic E-state index is 0.545. The van der Waals surface area contributed by atoms with Crippen molar-refractivity contribution in [2.45, 2.75) is 38.8 Å². The molecule has 4 heteroatoms. The van der Waals surface area contributed by atoms with E-state index in [0.29, 0.717) is 17.7 Å². The third-order valence-electron chi connectivity index (χ3n) is 4.17. The average molecular weight is 258 g/mol. The number of hydrogen-bond acceptors (Lipinski definition) is 4. The number of aromatic nitrogens is 1. The summed E-state index contributed by atoms with van der Waals surface area (Å²) in [5.41, 5.74) is 7.44. The summed E-state index contributed by atoms with van der Waals surface area (Å²) >= 11 is 0. The van der Waals surface area contributed by atoms with E-state index in [1.807, 2.05) is 12.1 Å². The standard InChI is InChI=1S/C15H22N4/c1-2-19(15-7-3-5-12(15)9-16)11-13-6-4-8-18-14(13)10-17/h4,6,8,12,15H,2-3,5,7,9,11,16H2,1H3. The molecule has 0 radical (unpaired) electrons. The van der Waals surface area contributed by atoms with Crippen LogP contribution in [0.25, 0.3) is 0 Å². The molecule has 2 unspecified atom stereocenters. The summed E-state index contributed by atoms with van der Waals surface area (Å²) in [4.78, 5) is 6.58. The molecule has 1 aliphatic rings. The molecule has 1 aromatic heterocycles. The van der Waals surface area contributed by atoms with E-state index >= 15 is 0 Å². The Balaban J connectivity index is 2.13. The SMILES string of the molecule is CCN(Cc1cccnc1C#N)C1CCCC1CN. The highest BCUT2D eigenvalue weighted by atomic mass is 15.2. The third kappa shape index (κ3) is 3.12. The van der Waals surface area contributed by atoms with Crippen molar-refractivity contribution in [2.24, 2.45) is 11.7 Å². The zero-order valence-electron chi connectivity index (χ0n) is 11.5. The van der Waals surface area contributed by atoms with Gasteiger partial charge in [-0.1, -0.05) is 19.4 Å². The highest BCUT2D eigenvalue weighted by molar-refractivity contribution is 5.30. The molecule has 1 aromatic rings. The van der Waals surface area contributed by atoms with Crippen LogP contribution in [-0.2, 0) is 6.54 Å². The maximum absolute atomic E-state index is 9.12. The van der Waals surface area contributed by atoms with E-state index in [0.717, 1.165) is 25.2 Å². The van der Waals surface area contributed by atoms with Gasteiger partial charge in [-0.05, 0) is 37.9 Å². The third-order valence-corrected chi connectivity index (χ3v) is 4.17. The fourth-order valence-corrected chi connectivity index (χ4v) is 3.12. The zero-order chi connectivity index (χ0) is 13.7. The summed E-state index contributed by atoms with van der Waals surface area (Å²) in [6.07, 6.45) is 5.39. The highest BCUT2D eigenvalue weighted by Gasteiger charge is 2.30. The normalized spacial score (nSPS) is 22.6. The maximum Gasteiger partial charge on any atom is 0.144 e. The zero-order valence-corrected chi connectivity index (χ0v) is 11.5. The number of nitrogens with two attached hydrogens (primary N) is 1. The molecule has 0 amide bonds. The van der Waals surface area contributed by atoms with E-state index in [1.54, 1.807) is 6.20 Å². The highest BCUT2D eigenvalue weighted by Crippen LogP contribution is 2.30. The van der Waals surface area contributed by atoms with Crippen molar-refractivity contribution in [3.8, 4) is 6.07 Å². The Bertz CT molecular complexity index is 452. The van der Waals surface area contributed by atoms with Crippen LogP contribution in [0.2, 0.25) is 0 Å². The van der Waals surface area contributed by atoms with E-state index in [4.69, 9.17) is 11.0 Å². The number of pyridine rings is 1. The lowest BCUT2D eigenvalue weighted by Crippen LogP contribution is -2.40. The quantitative estimate of drug-likeness (QED) is 0.876. The minimum absolute atomic E-state index is 0.545. The first-order valence-electron chi connectivity index (χ1n) is 7.08. The van der Waals surface area contributed by atoms with Gasteiger partial charge < -0.3 is 5.73 Å². The monoisotopic (exact) mass is 258 g/mol. The van der Waals surface area contributed by atoms with Gasteiger partial charge in [0, 0.05) is 24.3 Å². The predicted octanol–water partition coefficient (Wildman–Crippen LogP) is 1.90. The summed E-state index contributed by atoms with van der Waals surface area (Å²) < 4.78 is 0. The minimum Gasteiger partial charge on any atom is -0.330 e. The van der Waals surface area contributed by atoms with E-state index in [1.165, 1.54) is 19.3 Å². The Morgan fingerprint density at radius 3 is 3.05 bits per heavy atom. The van der Waals surface area contributed by atoms with Crippen LogP contribution in [0.1, 0.15) is 37.4 Å². The second kappa shape index (κ2) is 6.65. The molecule has 1 fully saturated rings. The van der Waals surface area contributed by atoms with Crippen molar-refractivity contribution in [3.05, 3.63) is 29.6 Å². The molecular formula is C15H22N4. The van der Waals surface area contributed by atoms with Gasteiger partial charge in [0.15, 0.2) is 0 Å². The second-order valence-electron chi connectivity index (χ2n) is 5.18. The summed E-state index contributed by atoms with van der Waals surface area (Å²) in [5, 5.41) is 9.12. The Kier molecular flexibility index (Phi) is 4.89. The molecule has 19 heavy (non-hydrogen) atoms. The van der Waals surface area contributed by atoms with Crippen LogP contribution >= 0.6 is 0 Å². The first-order valence-corrected chi connectivity index (χ1v) is 7.08. The van der Waals surface area contributed by atoms with Gasteiger partial charge in [0.25, 0.3) is 0 Å². The second-order valence-corrected chi connectivity index (χ2v) is 5.18. The largest absolute Gasteiger partial charge is 0.330 e. The van der Waals surface area contributed by atoms with Gasteiger partial charge in [-0.25, -0.2) is 4.98 Å². The average Bonchev–Trinajstić information content (AvgIpc) is 2.93. The summed E-state index contributed by atoms with van der Waals surface area (Å²) in [7, 11) is 0. The molecule has 1 heterocycles. The van der Waals surface area contributed by atoms with Crippen molar-refractivity contribution in [3.63, 3.8) is 0 Å². The van der Waals surface area contributed by atoms with Crippen LogP contribution in [0, 0.1) is 17.2 Å².